The van der Waals surface area contributed by atoms with Gasteiger partial charge >= 0.3 is 0 Å². The van der Waals surface area contributed by atoms with E-state index in [2.05, 4.69) is 56.9 Å². The molecule has 0 bridgehead atoms. The van der Waals surface area contributed by atoms with Gasteiger partial charge in [-0.1, -0.05) is 6.07 Å². The quantitative estimate of drug-likeness (QED) is 0.845. The first kappa shape index (κ1) is 16.8. The molecule has 3 rings (SSSR count). The van der Waals surface area contributed by atoms with Crippen molar-refractivity contribution in [3.8, 4) is 0 Å². The maximum Gasteiger partial charge on any atom is 0.225 e. The summed E-state index contributed by atoms with van der Waals surface area (Å²) in [6.45, 7) is 7.37. The average molecular weight is 325 g/mol. The highest BCUT2D eigenvalue weighted by Gasteiger charge is 2.24. The zero-order valence-electron chi connectivity index (χ0n) is 14.9. The van der Waals surface area contributed by atoms with Crippen LogP contribution < -0.4 is 4.90 Å². The Hall–Kier alpha value is -2.01. The van der Waals surface area contributed by atoms with E-state index < -0.39 is 0 Å². The molecule has 2 aromatic rings. The molecule has 128 valence electrons. The first-order chi connectivity index (χ1) is 11.6. The zero-order valence-corrected chi connectivity index (χ0v) is 14.9. The third kappa shape index (κ3) is 4.29. The van der Waals surface area contributed by atoms with Gasteiger partial charge < -0.3 is 9.80 Å². The van der Waals surface area contributed by atoms with Gasteiger partial charge in [0.1, 0.15) is 0 Å². The second-order valence-electron chi connectivity index (χ2n) is 6.73. The third-order valence-electron chi connectivity index (χ3n) is 4.76. The van der Waals surface area contributed by atoms with Crippen LogP contribution in [0.4, 0.5) is 5.95 Å². The van der Waals surface area contributed by atoms with Gasteiger partial charge in [-0.15, -0.1) is 0 Å². The van der Waals surface area contributed by atoms with Gasteiger partial charge in [-0.3, -0.25) is 4.98 Å². The molecule has 1 aliphatic rings. The van der Waals surface area contributed by atoms with Crippen LogP contribution in [0.15, 0.2) is 30.5 Å². The van der Waals surface area contributed by atoms with Crippen LogP contribution in [0.1, 0.15) is 29.9 Å². The Morgan fingerprint density at radius 2 is 2.00 bits per heavy atom. The molecule has 1 unspecified atom stereocenters. The molecule has 3 heterocycles. The summed E-state index contributed by atoms with van der Waals surface area (Å²) < 4.78 is 0. The molecule has 0 spiro atoms. The number of rotatable bonds is 5. The van der Waals surface area contributed by atoms with Gasteiger partial charge in [0.05, 0.1) is 0 Å². The van der Waals surface area contributed by atoms with Crippen LogP contribution >= 0.6 is 0 Å². The van der Waals surface area contributed by atoms with Crippen molar-refractivity contribution in [2.45, 2.75) is 39.2 Å². The van der Waals surface area contributed by atoms with E-state index >= 15 is 0 Å². The number of aromatic nitrogens is 3. The fourth-order valence-electron chi connectivity index (χ4n) is 3.33. The predicted molar refractivity (Wildman–Crippen MR) is 97.3 cm³/mol. The largest absolute Gasteiger partial charge is 0.340 e. The molecule has 5 nitrogen and oxygen atoms in total. The maximum atomic E-state index is 4.61. The molecule has 0 N–H and O–H groups in total. The van der Waals surface area contributed by atoms with Crippen LogP contribution in [-0.4, -0.2) is 52.6 Å². The number of hydrogen-bond acceptors (Lipinski definition) is 5. The monoisotopic (exact) mass is 325 g/mol. The first-order valence-corrected chi connectivity index (χ1v) is 8.79. The Labute approximate surface area is 144 Å². The summed E-state index contributed by atoms with van der Waals surface area (Å²) >= 11 is 0. The third-order valence-corrected chi connectivity index (χ3v) is 4.76. The summed E-state index contributed by atoms with van der Waals surface area (Å²) in [6, 6.07) is 8.70. The lowest BCUT2D eigenvalue weighted by atomic mass is 10.0. The number of hydrogen-bond donors (Lipinski definition) is 0. The Morgan fingerprint density at radius 3 is 2.79 bits per heavy atom. The average Bonchev–Trinajstić information content (AvgIpc) is 2.60. The Morgan fingerprint density at radius 1 is 1.17 bits per heavy atom. The van der Waals surface area contributed by atoms with E-state index in [0.717, 1.165) is 36.8 Å². The van der Waals surface area contributed by atoms with Gasteiger partial charge in [0.2, 0.25) is 5.95 Å². The first-order valence-electron chi connectivity index (χ1n) is 8.79. The van der Waals surface area contributed by atoms with Crippen molar-refractivity contribution < 1.29 is 0 Å². The lowest BCUT2D eigenvalue weighted by molar-refractivity contribution is 0.207. The van der Waals surface area contributed by atoms with Crippen LogP contribution in [0.5, 0.6) is 0 Å². The Balaban J connectivity index is 1.57. The lowest BCUT2D eigenvalue weighted by Crippen LogP contribution is -2.47. The van der Waals surface area contributed by atoms with Crippen LogP contribution in [0.2, 0.25) is 0 Å². The van der Waals surface area contributed by atoms with Crippen molar-refractivity contribution in [2.75, 3.05) is 31.6 Å². The highest BCUT2D eigenvalue weighted by Crippen LogP contribution is 2.19. The van der Waals surface area contributed by atoms with E-state index in [1.165, 1.54) is 25.1 Å². The number of likely N-dealkylation sites (N-methyl/N-ethyl adjacent to an activating group) is 1. The molecular formula is C19H27N5. The van der Waals surface area contributed by atoms with Crippen LogP contribution in [0.3, 0.4) is 0 Å². The second kappa shape index (κ2) is 7.71. The van der Waals surface area contributed by atoms with Crippen LogP contribution in [0.25, 0.3) is 0 Å². The summed E-state index contributed by atoms with van der Waals surface area (Å²) in [4.78, 5) is 18.4. The topological polar surface area (TPSA) is 45.2 Å². The molecule has 0 radical (unpaired) electrons. The fourth-order valence-corrected chi connectivity index (χ4v) is 3.33. The number of piperidine rings is 1. The number of likely N-dealkylation sites (tertiary alicyclic amines) is 1. The Kier molecular flexibility index (Phi) is 5.41. The molecule has 0 saturated carbocycles. The zero-order chi connectivity index (χ0) is 16.9. The van der Waals surface area contributed by atoms with Crippen molar-refractivity contribution in [1.82, 2.24) is 19.9 Å². The van der Waals surface area contributed by atoms with Gasteiger partial charge in [-0.25, -0.2) is 9.97 Å². The van der Waals surface area contributed by atoms with E-state index in [1.807, 2.05) is 19.2 Å². The summed E-state index contributed by atoms with van der Waals surface area (Å²) in [5.41, 5.74) is 3.30. The predicted octanol–water partition coefficient (Wildman–Crippen LogP) is 2.63. The summed E-state index contributed by atoms with van der Waals surface area (Å²) in [5.74, 6) is 0.835. The van der Waals surface area contributed by atoms with E-state index in [0.29, 0.717) is 6.04 Å². The fraction of sp³-hybridized carbons (Fsp3) is 0.526. The van der Waals surface area contributed by atoms with E-state index in [1.54, 1.807) is 0 Å². The van der Waals surface area contributed by atoms with E-state index in [-0.39, 0.29) is 0 Å². The number of pyridine rings is 1. The minimum atomic E-state index is 0.478. The smallest absolute Gasteiger partial charge is 0.225 e. The number of nitrogens with zero attached hydrogens (tertiary/aromatic N) is 5. The van der Waals surface area contributed by atoms with Crippen LogP contribution in [-0.2, 0) is 6.42 Å². The van der Waals surface area contributed by atoms with Crippen molar-refractivity contribution >= 4 is 5.95 Å². The van der Waals surface area contributed by atoms with Crippen LogP contribution in [0, 0.1) is 13.8 Å². The molecule has 1 fully saturated rings. The summed E-state index contributed by atoms with van der Waals surface area (Å²) in [7, 11) is 2.12. The molecule has 1 atom stereocenters. The molecule has 5 heteroatoms. The SMILES string of the molecule is Cc1cccc(CCN2CCCC(N(C)c3nccc(C)n3)C2)n1. The highest BCUT2D eigenvalue weighted by atomic mass is 15.3. The molecule has 0 amide bonds. The normalized spacial score (nSPS) is 18.5. The maximum absolute atomic E-state index is 4.61. The molecule has 0 aliphatic carbocycles. The van der Waals surface area contributed by atoms with Gasteiger partial charge in [0, 0.05) is 55.9 Å². The molecule has 1 saturated heterocycles. The van der Waals surface area contributed by atoms with Gasteiger partial charge in [0.25, 0.3) is 0 Å². The minimum Gasteiger partial charge on any atom is -0.340 e. The highest BCUT2D eigenvalue weighted by molar-refractivity contribution is 5.30. The minimum absolute atomic E-state index is 0.478. The molecular weight excluding hydrogens is 298 g/mol. The van der Waals surface area contributed by atoms with Gasteiger partial charge in [-0.2, -0.15) is 0 Å². The van der Waals surface area contributed by atoms with Gasteiger partial charge in [-0.05, 0) is 51.4 Å². The van der Waals surface area contributed by atoms with Crippen molar-refractivity contribution in [3.05, 3.63) is 47.5 Å². The number of aryl methyl sites for hydroxylation is 2. The summed E-state index contributed by atoms with van der Waals surface area (Å²) in [6.07, 6.45) is 5.28. The molecule has 24 heavy (non-hydrogen) atoms. The Bertz CT molecular complexity index is 672. The molecule has 2 aromatic heterocycles. The summed E-state index contributed by atoms with van der Waals surface area (Å²) in [5, 5.41) is 0. The van der Waals surface area contributed by atoms with Crippen molar-refractivity contribution in [3.63, 3.8) is 0 Å². The molecule has 1 aliphatic heterocycles. The molecule has 0 aromatic carbocycles. The second-order valence-corrected chi connectivity index (χ2v) is 6.73. The number of anilines is 1. The lowest BCUT2D eigenvalue weighted by Gasteiger charge is -2.37. The van der Waals surface area contributed by atoms with E-state index in [9.17, 15) is 0 Å². The van der Waals surface area contributed by atoms with Gasteiger partial charge in [0.15, 0.2) is 0 Å². The van der Waals surface area contributed by atoms with Crippen molar-refractivity contribution in [1.29, 1.82) is 0 Å². The van der Waals surface area contributed by atoms with E-state index in [4.69, 9.17) is 0 Å². The van der Waals surface area contributed by atoms with Crippen molar-refractivity contribution in [2.24, 2.45) is 0 Å². The standard InChI is InChI=1S/C19H27N5/c1-15-6-4-7-17(21-15)10-13-24-12-5-8-18(14-24)23(3)19-20-11-9-16(2)22-19/h4,6-7,9,11,18H,5,8,10,12-14H2,1-3H3.